The first-order valence-electron chi connectivity index (χ1n) is 8.56. The largest absolute Gasteiger partial charge is 0.327 e. The van der Waals surface area contributed by atoms with Gasteiger partial charge in [0.15, 0.2) is 0 Å². The second-order valence-electron chi connectivity index (χ2n) is 7.32. The Hall–Kier alpha value is -1.35. The number of amides is 1. The smallest absolute Gasteiger partial charge is 0.227 e. The molecule has 1 aliphatic rings. The van der Waals surface area contributed by atoms with Crippen LogP contribution in [0, 0.1) is 11.8 Å². The quantitative estimate of drug-likeness (QED) is 0.904. The molecule has 1 aromatic carbocycles. The van der Waals surface area contributed by atoms with E-state index in [1.165, 1.54) is 11.1 Å². The van der Waals surface area contributed by atoms with Crippen molar-refractivity contribution in [3.63, 3.8) is 0 Å². The van der Waals surface area contributed by atoms with E-state index in [4.69, 9.17) is 5.73 Å². The van der Waals surface area contributed by atoms with Gasteiger partial charge in [-0.3, -0.25) is 4.79 Å². The van der Waals surface area contributed by atoms with Gasteiger partial charge in [0.1, 0.15) is 0 Å². The third-order valence-electron chi connectivity index (χ3n) is 4.47. The third kappa shape index (κ3) is 4.10. The Morgan fingerprint density at radius 2 is 2.00 bits per heavy atom. The molecule has 1 aliphatic heterocycles. The summed E-state index contributed by atoms with van der Waals surface area (Å²) in [5.41, 5.74) is 9.89. The van der Waals surface area contributed by atoms with Crippen LogP contribution in [0.15, 0.2) is 18.2 Å². The van der Waals surface area contributed by atoms with Crippen LogP contribution in [0.1, 0.15) is 51.7 Å². The van der Waals surface area contributed by atoms with Crippen LogP contribution in [0.25, 0.3) is 0 Å². The standard InChI is InChI=1S/C19H30N2O/c1-13(2)10-19(22)21-9-5-6-16-11-15(7-8-18(16)21)12-17(20)14(3)4/h7-8,11,13-14,17H,5-6,9-10,12,20H2,1-4H3. The number of hydrogen-bond acceptors (Lipinski definition) is 2. The Morgan fingerprint density at radius 1 is 1.27 bits per heavy atom. The molecule has 3 nitrogen and oxygen atoms in total. The lowest BCUT2D eigenvalue weighted by molar-refractivity contribution is -0.119. The van der Waals surface area contributed by atoms with Crippen LogP contribution in [0.2, 0.25) is 0 Å². The number of rotatable bonds is 5. The third-order valence-corrected chi connectivity index (χ3v) is 4.47. The van der Waals surface area contributed by atoms with Crippen molar-refractivity contribution in [2.24, 2.45) is 17.6 Å². The highest BCUT2D eigenvalue weighted by Gasteiger charge is 2.23. The van der Waals surface area contributed by atoms with E-state index in [1.54, 1.807) is 0 Å². The summed E-state index contributed by atoms with van der Waals surface area (Å²) >= 11 is 0. The van der Waals surface area contributed by atoms with Crippen molar-refractivity contribution < 1.29 is 4.79 Å². The summed E-state index contributed by atoms with van der Waals surface area (Å²) in [6, 6.07) is 6.71. The monoisotopic (exact) mass is 302 g/mol. The molecule has 0 radical (unpaired) electrons. The Labute approximate surface area is 134 Å². The summed E-state index contributed by atoms with van der Waals surface area (Å²) < 4.78 is 0. The molecule has 2 rings (SSSR count). The summed E-state index contributed by atoms with van der Waals surface area (Å²) in [6.07, 6.45) is 3.65. The second kappa shape index (κ2) is 7.28. The summed E-state index contributed by atoms with van der Waals surface area (Å²) in [5, 5.41) is 0. The summed E-state index contributed by atoms with van der Waals surface area (Å²) in [6.45, 7) is 9.37. The molecule has 1 heterocycles. The van der Waals surface area contributed by atoms with Gasteiger partial charge in [0, 0.05) is 24.7 Å². The van der Waals surface area contributed by atoms with Crippen LogP contribution in [-0.2, 0) is 17.6 Å². The summed E-state index contributed by atoms with van der Waals surface area (Å²) in [7, 11) is 0. The van der Waals surface area contributed by atoms with Gasteiger partial charge in [0.05, 0.1) is 0 Å². The molecule has 1 unspecified atom stereocenters. The molecule has 0 fully saturated rings. The molecule has 0 aromatic heterocycles. The number of anilines is 1. The van der Waals surface area contributed by atoms with Crippen LogP contribution < -0.4 is 10.6 Å². The number of carbonyl (C=O) groups excluding carboxylic acids is 1. The lowest BCUT2D eigenvalue weighted by Gasteiger charge is -2.30. The van der Waals surface area contributed by atoms with Gasteiger partial charge in [0.25, 0.3) is 0 Å². The molecule has 1 atom stereocenters. The SMILES string of the molecule is CC(C)CC(=O)N1CCCc2cc(CC(N)C(C)C)ccc21. The van der Waals surface area contributed by atoms with E-state index in [-0.39, 0.29) is 11.9 Å². The maximum atomic E-state index is 12.4. The Balaban J connectivity index is 2.17. The normalized spacial score (nSPS) is 16.0. The maximum Gasteiger partial charge on any atom is 0.227 e. The molecule has 1 aromatic rings. The van der Waals surface area contributed by atoms with Crippen molar-refractivity contribution in [3.05, 3.63) is 29.3 Å². The Kier molecular flexibility index (Phi) is 5.63. The van der Waals surface area contributed by atoms with Crippen LogP contribution in [0.4, 0.5) is 5.69 Å². The average Bonchev–Trinajstić information content (AvgIpc) is 2.45. The lowest BCUT2D eigenvalue weighted by atomic mass is 9.93. The molecule has 0 aliphatic carbocycles. The highest BCUT2D eigenvalue weighted by Crippen LogP contribution is 2.29. The minimum atomic E-state index is 0.195. The first-order valence-corrected chi connectivity index (χ1v) is 8.56. The highest BCUT2D eigenvalue weighted by atomic mass is 16.2. The molecular formula is C19H30N2O. The number of benzene rings is 1. The minimum absolute atomic E-state index is 0.195. The van der Waals surface area contributed by atoms with E-state index in [0.29, 0.717) is 18.3 Å². The Bertz CT molecular complexity index is 522. The fraction of sp³-hybridized carbons (Fsp3) is 0.632. The van der Waals surface area contributed by atoms with Crippen LogP contribution in [-0.4, -0.2) is 18.5 Å². The van der Waals surface area contributed by atoms with Gasteiger partial charge in [-0.05, 0) is 48.3 Å². The molecule has 0 spiro atoms. The lowest BCUT2D eigenvalue weighted by Crippen LogP contribution is -2.36. The van der Waals surface area contributed by atoms with E-state index in [1.807, 2.05) is 4.90 Å². The summed E-state index contributed by atoms with van der Waals surface area (Å²) in [4.78, 5) is 14.4. The zero-order chi connectivity index (χ0) is 16.3. The van der Waals surface area contributed by atoms with Crippen LogP contribution in [0.3, 0.4) is 0 Å². The number of hydrogen-bond donors (Lipinski definition) is 1. The topological polar surface area (TPSA) is 46.3 Å². The van der Waals surface area contributed by atoms with Crippen molar-refractivity contribution in [1.82, 2.24) is 0 Å². The van der Waals surface area contributed by atoms with Gasteiger partial charge in [-0.2, -0.15) is 0 Å². The van der Waals surface area contributed by atoms with E-state index < -0.39 is 0 Å². The maximum absolute atomic E-state index is 12.4. The van der Waals surface area contributed by atoms with Crippen molar-refractivity contribution in [3.8, 4) is 0 Å². The summed E-state index contributed by atoms with van der Waals surface area (Å²) in [5.74, 6) is 1.14. The molecule has 2 N–H and O–H groups in total. The van der Waals surface area contributed by atoms with E-state index >= 15 is 0 Å². The van der Waals surface area contributed by atoms with Crippen molar-refractivity contribution in [2.45, 2.75) is 59.4 Å². The fourth-order valence-electron chi connectivity index (χ4n) is 3.00. The second-order valence-corrected chi connectivity index (χ2v) is 7.32. The fourth-order valence-corrected chi connectivity index (χ4v) is 3.00. The number of aryl methyl sites for hydroxylation is 1. The predicted octanol–water partition coefficient (Wildman–Crippen LogP) is 3.54. The molecule has 0 saturated carbocycles. The zero-order valence-electron chi connectivity index (χ0n) is 14.4. The number of nitrogens with zero attached hydrogens (tertiary/aromatic N) is 1. The van der Waals surface area contributed by atoms with Crippen LogP contribution >= 0.6 is 0 Å². The first-order chi connectivity index (χ1) is 10.4. The molecule has 22 heavy (non-hydrogen) atoms. The van der Waals surface area contributed by atoms with E-state index in [9.17, 15) is 4.79 Å². The predicted molar refractivity (Wildman–Crippen MR) is 93.1 cm³/mol. The van der Waals surface area contributed by atoms with Gasteiger partial charge < -0.3 is 10.6 Å². The molecule has 0 bridgehead atoms. The van der Waals surface area contributed by atoms with Gasteiger partial charge in [-0.25, -0.2) is 0 Å². The van der Waals surface area contributed by atoms with Gasteiger partial charge >= 0.3 is 0 Å². The first kappa shape index (κ1) is 17.0. The minimum Gasteiger partial charge on any atom is -0.327 e. The van der Waals surface area contributed by atoms with Crippen molar-refractivity contribution in [1.29, 1.82) is 0 Å². The molecule has 3 heteroatoms. The van der Waals surface area contributed by atoms with E-state index in [0.717, 1.165) is 31.5 Å². The van der Waals surface area contributed by atoms with Crippen LogP contribution in [0.5, 0.6) is 0 Å². The van der Waals surface area contributed by atoms with Gasteiger partial charge in [-0.1, -0.05) is 39.8 Å². The zero-order valence-corrected chi connectivity index (χ0v) is 14.4. The van der Waals surface area contributed by atoms with Gasteiger partial charge in [-0.15, -0.1) is 0 Å². The van der Waals surface area contributed by atoms with Gasteiger partial charge in [0.2, 0.25) is 5.91 Å². The number of fused-ring (bicyclic) bond motifs is 1. The van der Waals surface area contributed by atoms with Crippen molar-refractivity contribution in [2.75, 3.05) is 11.4 Å². The molecule has 1 amide bonds. The van der Waals surface area contributed by atoms with E-state index in [2.05, 4.69) is 45.9 Å². The Morgan fingerprint density at radius 3 is 2.64 bits per heavy atom. The molecule has 122 valence electrons. The highest BCUT2D eigenvalue weighted by molar-refractivity contribution is 5.94. The molecular weight excluding hydrogens is 272 g/mol. The average molecular weight is 302 g/mol. The molecule has 0 saturated heterocycles. The number of carbonyl (C=O) groups is 1. The number of nitrogens with two attached hydrogens (primary N) is 1. The van der Waals surface area contributed by atoms with Crippen molar-refractivity contribution >= 4 is 11.6 Å².